The van der Waals surface area contributed by atoms with Gasteiger partial charge in [-0.2, -0.15) is 5.10 Å². The molecule has 0 aromatic carbocycles. The van der Waals surface area contributed by atoms with Gasteiger partial charge in [0, 0.05) is 6.54 Å². The maximum Gasteiger partial charge on any atom is 0.317 e. The first-order valence-corrected chi connectivity index (χ1v) is 5.90. The molecular weight excluding hydrogens is 222 g/mol. The maximum absolute atomic E-state index is 11.6. The summed E-state index contributed by atoms with van der Waals surface area (Å²) in [4.78, 5) is 15.7. The smallest absolute Gasteiger partial charge is 0.317 e. The number of carbonyl (C=O) groups is 1. The van der Waals surface area contributed by atoms with E-state index in [-0.39, 0.29) is 6.10 Å². The van der Waals surface area contributed by atoms with Crippen LogP contribution < -0.4 is 0 Å². The first-order chi connectivity index (χ1) is 8.10. The summed E-state index contributed by atoms with van der Waals surface area (Å²) >= 11 is 0. The SMILES string of the molecule is CCn1ncnc1C1(C(=O)O)CCC(O)CC1. The maximum atomic E-state index is 11.6. The molecule has 0 bridgehead atoms. The van der Waals surface area contributed by atoms with Gasteiger partial charge in [-0.15, -0.1) is 0 Å². The highest BCUT2D eigenvalue weighted by Crippen LogP contribution is 2.38. The van der Waals surface area contributed by atoms with E-state index >= 15 is 0 Å². The second kappa shape index (κ2) is 4.44. The van der Waals surface area contributed by atoms with Crippen LogP contribution in [0, 0.1) is 0 Å². The third-order valence-corrected chi connectivity index (χ3v) is 3.56. The fraction of sp³-hybridized carbons (Fsp3) is 0.727. The normalized spacial score (nSPS) is 29.2. The van der Waals surface area contributed by atoms with Gasteiger partial charge >= 0.3 is 5.97 Å². The fourth-order valence-corrected chi connectivity index (χ4v) is 2.49. The van der Waals surface area contributed by atoms with Gasteiger partial charge < -0.3 is 10.2 Å². The number of hydrogen-bond acceptors (Lipinski definition) is 4. The second-order valence-corrected chi connectivity index (χ2v) is 4.52. The van der Waals surface area contributed by atoms with Crippen molar-refractivity contribution in [3.63, 3.8) is 0 Å². The van der Waals surface area contributed by atoms with Crippen molar-refractivity contribution in [1.82, 2.24) is 14.8 Å². The van der Waals surface area contributed by atoms with E-state index in [4.69, 9.17) is 0 Å². The number of aromatic nitrogens is 3. The largest absolute Gasteiger partial charge is 0.480 e. The van der Waals surface area contributed by atoms with Gasteiger partial charge in [0.2, 0.25) is 0 Å². The van der Waals surface area contributed by atoms with Crippen molar-refractivity contribution >= 4 is 5.97 Å². The third-order valence-electron chi connectivity index (χ3n) is 3.56. The van der Waals surface area contributed by atoms with Crippen LogP contribution in [0.4, 0.5) is 0 Å². The molecule has 2 N–H and O–H groups in total. The first kappa shape index (κ1) is 12.0. The molecule has 0 spiro atoms. The van der Waals surface area contributed by atoms with E-state index in [0.29, 0.717) is 38.1 Å². The highest BCUT2D eigenvalue weighted by Gasteiger charge is 2.46. The molecule has 2 rings (SSSR count). The van der Waals surface area contributed by atoms with Crippen LogP contribution in [0.2, 0.25) is 0 Å². The zero-order valence-corrected chi connectivity index (χ0v) is 9.83. The van der Waals surface area contributed by atoms with Crippen LogP contribution in [0.3, 0.4) is 0 Å². The lowest BCUT2D eigenvalue weighted by Gasteiger charge is -2.34. The predicted octanol–water partition coefficient (Wildman–Crippen LogP) is 0.555. The van der Waals surface area contributed by atoms with E-state index in [1.165, 1.54) is 6.33 Å². The van der Waals surface area contributed by atoms with Crippen LogP contribution in [0.1, 0.15) is 38.4 Å². The Morgan fingerprint density at radius 3 is 2.76 bits per heavy atom. The van der Waals surface area contributed by atoms with Gasteiger partial charge in [-0.05, 0) is 32.6 Å². The molecule has 0 amide bonds. The van der Waals surface area contributed by atoms with Gasteiger partial charge in [0.1, 0.15) is 17.6 Å². The topological polar surface area (TPSA) is 88.2 Å². The Balaban J connectivity index is 2.38. The minimum absolute atomic E-state index is 0.388. The lowest BCUT2D eigenvalue weighted by molar-refractivity contribution is -0.146. The van der Waals surface area contributed by atoms with E-state index in [2.05, 4.69) is 10.1 Å². The molecule has 0 atom stereocenters. The molecule has 1 fully saturated rings. The van der Waals surface area contributed by atoms with Crippen LogP contribution in [0.25, 0.3) is 0 Å². The Kier molecular flexibility index (Phi) is 3.15. The zero-order chi connectivity index (χ0) is 12.5. The Morgan fingerprint density at radius 1 is 1.59 bits per heavy atom. The molecule has 1 aromatic rings. The van der Waals surface area contributed by atoms with Gasteiger partial charge in [-0.3, -0.25) is 4.79 Å². The molecule has 0 aliphatic heterocycles. The highest BCUT2D eigenvalue weighted by molar-refractivity contribution is 5.80. The number of aliphatic carboxylic acids is 1. The third kappa shape index (κ3) is 1.93. The van der Waals surface area contributed by atoms with Crippen LogP contribution >= 0.6 is 0 Å². The van der Waals surface area contributed by atoms with Crippen molar-refractivity contribution in [2.75, 3.05) is 0 Å². The first-order valence-electron chi connectivity index (χ1n) is 5.90. The number of carboxylic acid groups (broad SMARTS) is 1. The van der Waals surface area contributed by atoms with E-state index in [0.717, 1.165) is 0 Å². The minimum atomic E-state index is -0.980. The van der Waals surface area contributed by atoms with Gasteiger partial charge in [-0.25, -0.2) is 9.67 Å². The number of nitrogens with zero attached hydrogens (tertiary/aromatic N) is 3. The summed E-state index contributed by atoms with van der Waals surface area (Å²) < 4.78 is 1.63. The lowest BCUT2D eigenvalue weighted by atomic mass is 9.72. The lowest BCUT2D eigenvalue weighted by Crippen LogP contribution is -2.43. The predicted molar refractivity (Wildman–Crippen MR) is 59.5 cm³/mol. The standard InChI is InChI=1S/C11H17N3O3/c1-2-14-9(12-7-13-14)11(10(16)17)5-3-8(15)4-6-11/h7-8,15H,2-6H2,1H3,(H,16,17). The molecule has 6 heteroatoms. The molecule has 1 saturated carbocycles. The summed E-state index contributed by atoms with van der Waals surface area (Å²) in [5.41, 5.74) is -0.980. The van der Waals surface area contributed by atoms with Crippen molar-refractivity contribution in [2.45, 2.75) is 50.7 Å². The van der Waals surface area contributed by atoms with E-state index in [1.54, 1.807) is 4.68 Å². The van der Waals surface area contributed by atoms with E-state index < -0.39 is 11.4 Å². The van der Waals surface area contributed by atoms with Crippen molar-refractivity contribution in [2.24, 2.45) is 0 Å². The second-order valence-electron chi connectivity index (χ2n) is 4.52. The fourth-order valence-electron chi connectivity index (χ4n) is 2.49. The summed E-state index contributed by atoms with van der Waals surface area (Å²) in [6.07, 6.45) is 2.85. The van der Waals surface area contributed by atoms with Crippen LogP contribution in [-0.4, -0.2) is 37.1 Å². The van der Waals surface area contributed by atoms with Gasteiger partial charge in [0.15, 0.2) is 0 Å². The van der Waals surface area contributed by atoms with Gasteiger partial charge in [0.25, 0.3) is 0 Å². The summed E-state index contributed by atoms with van der Waals surface area (Å²) in [5.74, 6) is -0.355. The number of rotatable bonds is 3. The summed E-state index contributed by atoms with van der Waals surface area (Å²) in [6, 6.07) is 0. The molecule has 0 unspecified atom stereocenters. The van der Waals surface area contributed by atoms with Gasteiger partial charge in [0.05, 0.1) is 6.10 Å². The zero-order valence-electron chi connectivity index (χ0n) is 9.83. The molecule has 94 valence electrons. The van der Waals surface area contributed by atoms with Crippen molar-refractivity contribution in [3.05, 3.63) is 12.2 Å². The van der Waals surface area contributed by atoms with Crippen LogP contribution in [0.15, 0.2) is 6.33 Å². The van der Waals surface area contributed by atoms with E-state index in [1.807, 2.05) is 6.92 Å². The average molecular weight is 239 g/mol. The van der Waals surface area contributed by atoms with Crippen molar-refractivity contribution in [3.8, 4) is 0 Å². The molecule has 1 aliphatic rings. The Bertz CT molecular complexity index is 408. The quantitative estimate of drug-likeness (QED) is 0.804. The number of carboxylic acids is 1. The minimum Gasteiger partial charge on any atom is -0.480 e. The number of hydrogen-bond donors (Lipinski definition) is 2. The monoisotopic (exact) mass is 239 g/mol. The highest BCUT2D eigenvalue weighted by atomic mass is 16.4. The molecule has 1 aliphatic carbocycles. The van der Waals surface area contributed by atoms with Crippen molar-refractivity contribution < 1.29 is 15.0 Å². The van der Waals surface area contributed by atoms with Crippen LogP contribution in [-0.2, 0) is 16.8 Å². The molecule has 17 heavy (non-hydrogen) atoms. The molecule has 1 aromatic heterocycles. The molecule has 1 heterocycles. The van der Waals surface area contributed by atoms with Crippen LogP contribution in [0.5, 0.6) is 0 Å². The number of aryl methyl sites for hydroxylation is 1. The Labute approximate surface area is 99.3 Å². The number of aliphatic hydroxyl groups is 1. The Hall–Kier alpha value is -1.43. The van der Waals surface area contributed by atoms with Gasteiger partial charge in [-0.1, -0.05) is 0 Å². The van der Waals surface area contributed by atoms with Crippen molar-refractivity contribution in [1.29, 1.82) is 0 Å². The average Bonchev–Trinajstić information content (AvgIpc) is 2.78. The number of aliphatic hydroxyl groups excluding tert-OH is 1. The summed E-state index contributed by atoms with van der Waals surface area (Å²) in [7, 11) is 0. The Morgan fingerprint density at radius 2 is 2.24 bits per heavy atom. The summed E-state index contributed by atoms with van der Waals surface area (Å²) in [6.45, 7) is 2.51. The molecule has 0 radical (unpaired) electrons. The molecule has 0 saturated heterocycles. The van der Waals surface area contributed by atoms with E-state index in [9.17, 15) is 15.0 Å². The molecular formula is C11H17N3O3. The molecule has 6 nitrogen and oxygen atoms in total. The summed E-state index contributed by atoms with van der Waals surface area (Å²) in [5, 5.41) is 23.1.